The standard InChI is InChI=1S/C14H13N3O4/c1-8-3-2-4-9-10(5-15)17(14(21)13(8)9)7-11(18)16-6-12(19)20/h2-4,10H,6-7H2,1H3,(H,16,18)(H,19,20). The van der Waals surface area contributed by atoms with Gasteiger partial charge in [0.25, 0.3) is 5.91 Å². The Kier molecular flexibility index (Phi) is 3.89. The van der Waals surface area contributed by atoms with Crippen molar-refractivity contribution in [2.24, 2.45) is 0 Å². The number of aliphatic carboxylic acids is 1. The number of aryl methyl sites for hydroxylation is 1. The normalized spacial score (nSPS) is 16.3. The number of nitrogens with zero attached hydrogens (tertiary/aromatic N) is 2. The molecule has 0 radical (unpaired) electrons. The Hall–Kier alpha value is -2.88. The molecule has 1 atom stereocenters. The van der Waals surface area contributed by atoms with Crippen molar-refractivity contribution in [1.82, 2.24) is 10.2 Å². The predicted molar refractivity (Wildman–Crippen MR) is 71.2 cm³/mol. The third-order valence-electron chi connectivity index (χ3n) is 3.26. The molecule has 1 aliphatic rings. The summed E-state index contributed by atoms with van der Waals surface area (Å²) in [7, 11) is 0. The van der Waals surface area contributed by atoms with Gasteiger partial charge in [-0.15, -0.1) is 0 Å². The number of fused-ring (bicyclic) bond motifs is 1. The fraction of sp³-hybridized carbons (Fsp3) is 0.286. The van der Waals surface area contributed by atoms with E-state index in [1.54, 1.807) is 25.1 Å². The first kappa shape index (κ1) is 14.5. The molecular weight excluding hydrogens is 274 g/mol. The smallest absolute Gasteiger partial charge is 0.322 e. The summed E-state index contributed by atoms with van der Waals surface area (Å²) in [5, 5.41) is 19.9. The third-order valence-corrected chi connectivity index (χ3v) is 3.26. The lowest BCUT2D eigenvalue weighted by Crippen LogP contribution is -2.40. The highest BCUT2D eigenvalue weighted by atomic mass is 16.4. The molecule has 1 unspecified atom stereocenters. The second-order valence-electron chi connectivity index (χ2n) is 4.67. The van der Waals surface area contributed by atoms with Gasteiger partial charge in [0.05, 0.1) is 6.07 Å². The Morgan fingerprint density at radius 1 is 1.48 bits per heavy atom. The Bertz CT molecular complexity index is 663. The average molecular weight is 287 g/mol. The van der Waals surface area contributed by atoms with Crippen LogP contribution in [0.2, 0.25) is 0 Å². The van der Waals surface area contributed by atoms with E-state index < -0.39 is 24.5 Å². The first-order chi connectivity index (χ1) is 9.95. The van der Waals surface area contributed by atoms with Crippen LogP contribution in [-0.2, 0) is 9.59 Å². The topological polar surface area (TPSA) is 110 Å². The van der Waals surface area contributed by atoms with Crippen molar-refractivity contribution in [2.75, 3.05) is 13.1 Å². The monoisotopic (exact) mass is 287 g/mol. The Morgan fingerprint density at radius 3 is 2.81 bits per heavy atom. The predicted octanol–water partition coefficient (Wildman–Crippen LogP) is 0.216. The fourth-order valence-corrected chi connectivity index (χ4v) is 2.33. The van der Waals surface area contributed by atoms with Gasteiger partial charge in [-0.3, -0.25) is 14.4 Å². The number of amides is 2. The second-order valence-corrected chi connectivity index (χ2v) is 4.67. The molecule has 7 heteroatoms. The lowest BCUT2D eigenvalue weighted by Gasteiger charge is -2.19. The SMILES string of the molecule is Cc1cccc2c1C(=O)N(CC(=O)NCC(=O)O)C2C#N. The second kappa shape index (κ2) is 5.63. The molecule has 0 fully saturated rings. The minimum Gasteiger partial charge on any atom is -0.480 e. The summed E-state index contributed by atoms with van der Waals surface area (Å²) in [5.74, 6) is -2.18. The Labute approximate surface area is 120 Å². The number of hydrogen-bond acceptors (Lipinski definition) is 4. The minimum atomic E-state index is -1.17. The van der Waals surface area contributed by atoms with Crippen molar-refractivity contribution in [3.63, 3.8) is 0 Å². The number of nitriles is 1. The van der Waals surface area contributed by atoms with Crippen LogP contribution in [0.5, 0.6) is 0 Å². The molecule has 108 valence electrons. The van der Waals surface area contributed by atoms with Crippen molar-refractivity contribution >= 4 is 17.8 Å². The zero-order valence-corrected chi connectivity index (χ0v) is 11.3. The van der Waals surface area contributed by atoms with Crippen LogP contribution < -0.4 is 5.32 Å². The molecular formula is C14H13N3O4. The minimum absolute atomic E-state index is 0.349. The van der Waals surface area contributed by atoms with Crippen molar-refractivity contribution in [3.8, 4) is 6.07 Å². The molecule has 0 saturated heterocycles. The van der Waals surface area contributed by atoms with Crippen LogP contribution in [0, 0.1) is 18.3 Å². The molecule has 0 bridgehead atoms. The third kappa shape index (κ3) is 2.69. The molecule has 0 aromatic heterocycles. The summed E-state index contributed by atoms with van der Waals surface area (Å²) < 4.78 is 0. The number of rotatable bonds is 4. The van der Waals surface area contributed by atoms with Crippen LogP contribution >= 0.6 is 0 Å². The highest BCUT2D eigenvalue weighted by Gasteiger charge is 2.38. The molecule has 2 rings (SSSR count). The van der Waals surface area contributed by atoms with Crippen LogP contribution in [0.1, 0.15) is 27.5 Å². The van der Waals surface area contributed by atoms with Crippen molar-refractivity contribution in [2.45, 2.75) is 13.0 Å². The number of carbonyl (C=O) groups is 3. The van der Waals surface area contributed by atoms with Gasteiger partial charge in [0.1, 0.15) is 19.1 Å². The number of benzene rings is 1. The van der Waals surface area contributed by atoms with E-state index in [2.05, 4.69) is 5.32 Å². The molecule has 2 N–H and O–H groups in total. The fourth-order valence-electron chi connectivity index (χ4n) is 2.33. The Balaban J connectivity index is 2.21. The molecule has 1 aromatic carbocycles. The summed E-state index contributed by atoms with van der Waals surface area (Å²) >= 11 is 0. The van der Waals surface area contributed by atoms with Gasteiger partial charge in [-0.25, -0.2) is 0 Å². The summed E-state index contributed by atoms with van der Waals surface area (Å²) in [4.78, 5) is 35.6. The molecule has 1 aliphatic heterocycles. The van der Waals surface area contributed by atoms with E-state index in [0.29, 0.717) is 11.1 Å². The largest absolute Gasteiger partial charge is 0.480 e. The highest BCUT2D eigenvalue weighted by molar-refractivity contribution is 6.02. The maximum absolute atomic E-state index is 12.3. The highest BCUT2D eigenvalue weighted by Crippen LogP contribution is 2.34. The van der Waals surface area contributed by atoms with Gasteiger partial charge in [-0.2, -0.15) is 5.26 Å². The summed E-state index contributed by atoms with van der Waals surface area (Å²) in [6.07, 6.45) is 0. The van der Waals surface area contributed by atoms with Gasteiger partial charge in [0, 0.05) is 11.1 Å². The van der Waals surface area contributed by atoms with E-state index in [1.165, 1.54) is 0 Å². The number of nitrogens with one attached hydrogen (secondary N) is 1. The van der Waals surface area contributed by atoms with Crippen molar-refractivity contribution in [3.05, 3.63) is 34.9 Å². The number of carboxylic acid groups (broad SMARTS) is 1. The van der Waals surface area contributed by atoms with Gasteiger partial charge in [-0.1, -0.05) is 18.2 Å². The summed E-state index contributed by atoms with van der Waals surface area (Å²) in [6, 6.07) is 6.37. The lowest BCUT2D eigenvalue weighted by molar-refractivity contribution is -0.138. The van der Waals surface area contributed by atoms with E-state index in [9.17, 15) is 19.6 Å². The maximum atomic E-state index is 12.3. The van der Waals surface area contributed by atoms with Gasteiger partial charge >= 0.3 is 5.97 Å². The lowest BCUT2D eigenvalue weighted by atomic mass is 10.0. The first-order valence-electron chi connectivity index (χ1n) is 6.24. The van der Waals surface area contributed by atoms with Crippen molar-refractivity contribution in [1.29, 1.82) is 5.26 Å². The van der Waals surface area contributed by atoms with Gasteiger partial charge in [0.15, 0.2) is 0 Å². The first-order valence-corrected chi connectivity index (χ1v) is 6.24. The molecule has 21 heavy (non-hydrogen) atoms. The van der Waals surface area contributed by atoms with Crippen LogP contribution in [0.4, 0.5) is 0 Å². The quantitative estimate of drug-likeness (QED) is 0.822. The zero-order valence-electron chi connectivity index (χ0n) is 11.3. The molecule has 0 aliphatic carbocycles. The van der Waals surface area contributed by atoms with Crippen LogP contribution in [-0.4, -0.2) is 40.9 Å². The molecule has 1 heterocycles. The molecule has 7 nitrogen and oxygen atoms in total. The van der Waals surface area contributed by atoms with Gasteiger partial charge in [0.2, 0.25) is 5.91 Å². The average Bonchev–Trinajstić information content (AvgIpc) is 2.70. The van der Waals surface area contributed by atoms with Gasteiger partial charge < -0.3 is 15.3 Å². The van der Waals surface area contributed by atoms with Crippen LogP contribution in [0.25, 0.3) is 0 Å². The van der Waals surface area contributed by atoms with E-state index in [4.69, 9.17) is 5.11 Å². The maximum Gasteiger partial charge on any atom is 0.322 e. The number of carboxylic acids is 1. The zero-order chi connectivity index (χ0) is 15.6. The number of hydrogen-bond donors (Lipinski definition) is 2. The van der Waals surface area contributed by atoms with Crippen molar-refractivity contribution < 1.29 is 19.5 Å². The van der Waals surface area contributed by atoms with Crippen LogP contribution in [0.15, 0.2) is 18.2 Å². The molecule has 2 amide bonds. The van der Waals surface area contributed by atoms with E-state index in [-0.39, 0.29) is 12.5 Å². The molecule has 1 aromatic rings. The summed E-state index contributed by atoms with van der Waals surface area (Å²) in [5.41, 5.74) is 1.76. The van der Waals surface area contributed by atoms with Crippen LogP contribution in [0.3, 0.4) is 0 Å². The van der Waals surface area contributed by atoms with E-state index >= 15 is 0 Å². The van der Waals surface area contributed by atoms with Gasteiger partial charge in [-0.05, 0) is 12.5 Å². The molecule has 0 saturated carbocycles. The number of carbonyl (C=O) groups excluding carboxylic acids is 2. The van der Waals surface area contributed by atoms with E-state index in [1.807, 2.05) is 6.07 Å². The molecule has 0 spiro atoms. The van der Waals surface area contributed by atoms with E-state index in [0.717, 1.165) is 10.5 Å². The Morgan fingerprint density at radius 2 is 2.19 bits per heavy atom. The summed E-state index contributed by atoms with van der Waals surface area (Å²) in [6.45, 7) is 0.891.